The van der Waals surface area contributed by atoms with Gasteiger partial charge in [-0.15, -0.1) is 0 Å². The molecule has 8 nitrogen and oxygen atoms in total. The molecule has 2 aliphatic heterocycles. The number of nitrogens with zero attached hydrogens (tertiary/aromatic N) is 3. The van der Waals surface area contributed by atoms with Crippen molar-refractivity contribution in [1.82, 2.24) is 14.7 Å². The molecule has 1 aromatic rings. The Morgan fingerprint density at radius 2 is 1.90 bits per heavy atom. The average Bonchev–Trinajstić information content (AvgIpc) is 3.52. The highest BCUT2D eigenvalue weighted by atomic mass is 35.5. The molecule has 2 fully saturated rings. The van der Waals surface area contributed by atoms with Crippen molar-refractivity contribution in [2.75, 3.05) is 13.1 Å². The minimum Gasteiger partial charge on any atom is -0.465 e. The van der Waals surface area contributed by atoms with Gasteiger partial charge in [-0.1, -0.05) is 47.5 Å². The number of fused-ring (bicyclic) bond motifs is 2. The summed E-state index contributed by atoms with van der Waals surface area (Å²) in [6.45, 7) is -0.0307. The van der Waals surface area contributed by atoms with Gasteiger partial charge < -0.3 is 20.0 Å². The van der Waals surface area contributed by atoms with Crippen LogP contribution in [0.25, 0.3) is 0 Å². The first-order valence-electron chi connectivity index (χ1n) is 9.65. The number of hydrogen-bond acceptors (Lipinski definition) is 3. The molecule has 2 N–H and O–H groups in total. The van der Waals surface area contributed by atoms with Gasteiger partial charge in [0.25, 0.3) is 5.91 Å². The Balaban J connectivity index is 1.73. The van der Waals surface area contributed by atoms with Crippen molar-refractivity contribution < 1.29 is 24.6 Å². The number of carbonyl (C=O) groups is 3. The maximum Gasteiger partial charge on any atom is 0.408 e. The topological polar surface area (TPSA) is 101 Å². The molecular weight excluding hydrogens is 433 g/mol. The Morgan fingerprint density at radius 1 is 1.17 bits per heavy atom. The summed E-state index contributed by atoms with van der Waals surface area (Å²) in [5.74, 6) is -0.399. The Labute approximate surface area is 183 Å². The lowest BCUT2D eigenvalue weighted by atomic mass is 9.82. The molecule has 4 rings (SSSR count). The van der Waals surface area contributed by atoms with Crippen LogP contribution in [0.15, 0.2) is 30.4 Å². The van der Waals surface area contributed by atoms with E-state index in [4.69, 9.17) is 23.2 Å². The molecule has 0 spiro atoms. The quantitative estimate of drug-likeness (QED) is 0.678. The van der Waals surface area contributed by atoms with Gasteiger partial charge in [-0.2, -0.15) is 0 Å². The summed E-state index contributed by atoms with van der Waals surface area (Å²) < 4.78 is 0. The van der Waals surface area contributed by atoms with E-state index in [9.17, 15) is 24.6 Å². The van der Waals surface area contributed by atoms with Crippen molar-refractivity contribution in [1.29, 1.82) is 0 Å². The van der Waals surface area contributed by atoms with Crippen LogP contribution in [0.4, 0.5) is 9.59 Å². The van der Waals surface area contributed by atoms with Crippen LogP contribution in [0.1, 0.15) is 24.8 Å². The predicted molar refractivity (Wildman–Crippen MR) is 110 cm³/mol. The van der Waals surface area contributed by atoms with Crippen LogP contribution in [0.3, 0.4) is 0 Å². The summed E-state index contributed by atoms with van der Waals surface area (Å²) in [5.41, 5.74) is -0.841. The molecule has 3 aliphatic rings. The van der Waals surface area contributed by atoms with Crippen LogP contribution in [0.2, 0.25) is 10.0 Å². The summed E-state index contributed by atoms with van der Waals surface area (Å²) in [7, 11) is 0. The second-order valence-corrected chi connectivity index (χ2v) is 8.71. The first-order chi connectivity index (χ1) is 14.2. The highest BCUT2D eigenvalue weighted by Crippen LogP contribution is 2.40. The second-order valence-electron chi connectivity index (χ2n) is 7.92. The van der Waals surface area contributed by atoms with E-state index < -0.39 is 29.7 Å². The standard InChI is InChI=1S/C20H21Cl2N3O5/c21-15-5-1-3-12(16(15)22)9-24(13-6-7-13)17(26)20-8-2-4-14(25(20)19(29)30)10-23(11-20)18(27)28/h1-5,13-14H,6-11H2,(H,27,28)(H,29,30). The molecule has 1 aliphatic carbocycles. The monoisotopic (exact) mass is 453 g/mol. The Hall–Kier alpha value is -2.45. The fourth-order valence-electron chi connectivity index (χ4n) is 4.41. The highest BCUT2D eigenvalue weighted by Gasteiger charge is 2.57. The lowest BCUT2D eigenvalue weighted by Crippen LogP contribution is -2.74. The number of carboxylic acid groups (broad SMARTS) is 2. The molecule has 3 amide bonds. The fraction of sp³-hybridized carbons (Fsp3) is 0.450. The summed E-state index contributed by atoms with van der Waals surface area (Å²) in [5, 5.41) is 20.2. The molecule has 0 radical (unpaired) electrons. The van der Waals surface area contributed by atoms with E-state index in [0.29, 0.717) is 15.6 Å². The SMILES string of the molecule is O=C(O)N1CC2C=CCC(C(=O)N(Cc3cccc(Cl)c3Cl)C3CC3)(C1)N2C(=O)O. The van der Waals surface area contributed by atoms with Crippen molar-refractivity contribution in [3.05, 3.63) is 46.0 Å². The molecule has 10 heteroatoms. The minimum atomic E-state index is -1.50. The smallest absolute Gasteiger partial charge is 0.408 e. The number of halogens is 2. The van der Waals surface area contributed by atoms with Crippen LogP contribution in [-0.2, 0) is 11.3 Å². The number of carbonyl (C=O) groups excluding carboxylic acids is 1. The zero-order valence-electron chi connectivity index (χ0n) is 16.0. The van der Waals surface area contributed by atoms with E-state index in [2.05, 4.69) is 0 Å². The van der Waals surface area contributed by atoms with Crippen LogP contribution in [-0.4, -0.2) is 73.7 Å². The fourth-order valence-corrected chi connectivity index (χ4v) is 4.79. The molecule has 2 atom stereocenters. The van der Waals surface area contributed by atoms with Crippen LogP contribution in [0.5, 0.6) is 0 Å². The van der Waals surface area contributed by atoms with Crippen molar-refractivity contribution in [3.8, 4) is 0 Å². The molecule has 2 heterocycles. The summed E-state index contributed by atoms with van der Waals surface area (Å²) in [4.78, 5) is 41.6. The van der Waals surface area contributed by atoms with Crippen molar-refractivity contribution in [2.45, 2.75) is 43.4 Å². The predicted octanol–water partition coefficient (Wildman–Crippen LogP) is 3.53. The maximum absolute atomic E-state index is 13.9. The van der Waals surface area contributed by atoms with Gasteiger partial charge >= 0.3 is 12.2 Å². The largest absolute Gasteiger partial charge is 0.465 e. The molecule has 1 saturated carbocycles. The molecule has 0 aromatic heterocycles. The number of rotatable bonds is 4. The van der Waals surface area contributed by atoms with E-state index in [1.165, 1.54) is 0 Å². The third kappa shape index (κ3) is 3.48. The van der Waals surface area contributed by atoms with E-state index in [0.717, 1.165) is 22.6 Å². The number of hydrogen-bond donors (Lipinski definition) is 2. The van der Waals surface area contributed by atoms with Crippen molar-refractivity contribution >= 4 is 41.3 Å². The summed E-state index contributed by atoms with van der Waals surface area (Å²) in [6.07, 6.45) is 2.74. The first kappa shape index (κ1) is 20.8. The van der Waals surface area contributed by atoms with Crippen molar-refractivity contribution in [3.63, 3.8) is 0 Å². The van der Waals surface area contributed by atoms with E-state index in [1.807, 2.05) is 0 Å². The average molecular weight is 454 g/mol. The minimum absolute atomic E-state index is 0.00326. The van der Waals surface area contributed by atoms with Crippen LogP contribution >= 0.6 is 23.2 Å². The number of piperazine rings is 1. The lowest BCUT2D eigenvalue weighted by molar-refractivity contribution is -0.150. The second kappa shape index (κ2) is 7.67. The van der Waals surface area contributed by atoms with Gasteiger partial charge in [0.2, 0.25) is 0 Å². The number of benzene rings is 1. The molecule has 2 unspecified atom stereocenters. The summed E-state index contributed by atoms with van der Waals surface area (Å²) in [6, 6.07) is 4.43. The molecular formula is C20H21Cl2N3O5. The molecule has 1 aromatic carbocycles. The van der Waals surface area contributed by atoms with Gasteiger partial charge in [-0.25, -0.2) is 9.59 Å². The summed E-state index contributed by atoms with van der Waals surface area (Å²) >= 11 is 12.4. The van der Waals surface area contributed by atoms with Gasteiger partial charge in [-0.05, 0) is 30.9 Å². The van der Waals surface area contributed by atoms with Crippen molar-refractivity contribution in [2.24, 2.45) is 0 Å². The van der Waals surface area contributed by atoms with Gasteiger partial charge in [0, 0.05) is 19.1 Å². The molecule has 2 bridgehead atoms. The molecule has 160 valence electrons. The van der Waals surface area contributed by atoms with Gasteiger partial charge in [0.1, 0.15) is 5.54 Å². The van der Waals surface area contributed by atoms with Gasteiger partial charge in [0.05, 0.1) is 22.6 Å². The third-order valence-corrected chi connectivity index (χ3v) is 6.82. The third-order valence-electron chi connectivity index (χ3n) is 5.96. The van der Waals surface area contributed by atoms with Gasteiger partial charge in [0.15, 0.2) is 0 Å². The van der Waals surface area contributed by atoms with E-state index in [1.54, 1.807) is 35.3 Å². The zero-order chi connectivity index (χ0) is 21.6. The molecule has 30 heavy (non-hydrogen) atoms. The Kier molecular flexibility index (Phi) is 5.32. The number of amides is 3. The zero-order valence-corrected chi connectivity index (χ0v) is 17.5. The van der Waals surface area contributed by atoms with Crippen LogP contribution in [0, 0.1) is 0 Å². The van der Waals surface area contributed by atoms with E-state index >= 15 is 0 Å². The normalized spacial score (nSPS) is 25.2. The lowest BCUT2D eigenvalue weighted by Gasteiger charge is -2.53. The Morgan fingerprint density at radius 3 is 2.53 bits per heavy atom. The van der Waals surface area contributed by atoms with E-state index in [-0.39, 0.29) is 32.1 Å². The first-order valence-corrected chi connectivity index (χ1v) is 10.4. The Bertz CT molecular complexity index is 935. The van der Waals surface area contributed by atoms with Gasteiger partial charge in [-0.3, -0.25) is 9.69 Å². The highest BCUT2D eigenvalue weighted by molar-refractivity contribution is 6.42. The van der Waals surface area contributed by atoms with Crippen LogP contribution < -0.4 is 0 Å². The molecule has 1 saturated heterocycles. The maximum atomic E-state index is 13.9.